The van der Waals surface area contributed by atoms with Crippen LogP contribution in [0.2, 0.25) is 0 Å². The summed E-state index contributed by atoms with van der Waals surface area (Å²) in [5, 5.41) is 7.81. The number of carbonyl (C=O) groups is 1. The minimum atomic E-state index is -4.06. The number of primary sulfonamides is 1. The van der Waals surface area contributed by atoms with Gasteiger partial charge in [-0.15, -0.1) is 0 Å². The summed E-state index contributed by atoms with van der Waals surface area (Å²) < 4.78 is 68.7. The summed E-state index contributed by atoms with van der Waals surface area (Å²) in [6, 6.07) is 9.03. The van der Waals surface area contributed by atoms with Crippen LogP contribution in [0.4, 0.5) is 4.39 Å². The molecule has 2 aromatic carbocycles. The molecular weight excluding hydrogens is 461 g/mol. The zero-order valence-electron chi connectivity index (χ0n) is 17.3. The first-order valence-electron chi connectivity index (χ1n) is 9.75. The van der Waals surface area contributed by atoms with E-state index in [1.54, 1.807) is 0 Å². The quantitative estimate of drug-likeness (QED) is 0.605. The summed E-state index contributed by atoms with van der Waals surface area (Å²) in [6.45, 7) is 0.309. The molecule has 12 heteroatoms. The molecule has 2 aromatic rings. The Bertz CT molecular complexity index is 1200. The van der Waals surface area contributed by atoms with E-state index in [-0.39, 0.29) is 41.1 Å². The van der Waals surface area contributed by atoms with E-state index in [9.17, 15) is 26.0 Å². The number of hydrogen-bond acceptors (Lipinski definition) is 6. The standard InChI is InChI=1S/C20H24FN3O6S2/c1-30-18-9-6-16(21)11-19(18)32(28,29)24-10-2-3-15(13-24)20(25)23-12-14-4-7-17(8-5-14)31(22,26)27/h4-9,11,15H,2-3,10,12-13H2,1H3,(H,23,25)(H2,22,26,27)/t15-/m1/s1. The van der Waals surface area contributed by atoms with E-state index in [0.29, 0.717) is 18.4 Å². The Morgan fingerprint density at radius 2 is 1.88 bits per heavy atom. The van der Waals surface area contributed by atoms with Gasteiger partial charge in [-0.2, -0.15) is 4.31 Å². The van der Waals surface area contributed by atoms with Crippen LogP contribution in [0.15, 0.2) is 52.3 Å². The Labute approximate surface area is 186 Å². The van der Waals surface area contributed by atoms with Crippen LogP contribution in [-0.2, 0) is 31.4 Å². The van der Waals surface area contributed by atoms with E-state index >= 15 is 0 Å². The predicted molar refractivity (Wildman–Crippen MR) is 114 cm³/mol. The Morgan fingerprint density at radius 1 is 1.19 bits per heavy atom. The van der Waals surface area contributed by atoms with Gasteiger partial charge in [-0.25, -0.2) is 26.4 Å². The first-order valence-corrected chi connectivity index (χ1v) is 12.7. The highest BCUT2D eigenvalue weighted by Crippen LogP contribution is 2.30. The predicted octanol–water partition coefficient (Wildman–Crippen LogP) is 1.20. The Morgan fingerprint density at radius 3 is 2.50 bits per heavy atom. The Balaban J connectivity index is 1.68. The van der Waals surface area contributed by atoms with Crippen LogP contribution >= 0.6 is 0 Å². The van der Waals surface area contributed by atoms with Crippen LogP contribution in [-0.4, -0.2) is 47.2 Å². The number of rotatable bonds is 7. The number of sulfonamides is 2. The minimum Gasteiger partial charge on any atom is -0.495 e. The van der Waals surface area contributed by atoms with E-state index in [2.05, 4.69) is 5.32 Å². The number of nitrogens with one attached hydrogen (secondary N) is 1. The molecule has 0 aliphatic carbocycles. The van der Waals surface area contributed by atoms with Crippen molar-refractivity contribution in [3.63, 3.8) is 0 Å². The zero-order valence-corrected chi connectivity index (χ0v) is 19.0. The SMILES string of the molecule is COc1ccc(F)cc1S(=O)(=O)N1CCC[C@@H](C(=O)NCc2ccc(S(N)(=O)=O)cc2)C1. The molecule has 0 radical (unpaired) electrons. The maximum absolute atomic E-state index is 13.7. The minimum absolute atomic E-state index is 0.0286. The first kappa shape index (κ1) is 24.1. The molecule has 1 amide bonds. The fraction of sp³-hybridized carbons (Fsp3) is 0.350. The summed E-state index contributed by atoms with van der Waals surface area (Å²) in [5.74, 6) is -1.58. The van der Waals surface area contributed by atoms with Gasteiger partial charge in [0.1, 0.15) is 16.5 Å². The molecule has 174 valence electrons. The number of benzene rings is 2. The lowest BCUT2D eigenvalue weighted by Crippen LogP contribution is -2.45. The number of carbonyl (C=O) groups excluding carboxylic acids is 1. The van der Waals surface area contributed by atoms with E-state index < -0.39 is 31.8 Å². The fourth-order valence-corrected chi connectivity index (χ4v) is 5.70. The van der Waals surface area contributed by atoms with Crippen molar-refractivity contribution < 1.29 is 30.8 Å². The first-order chi connectivity index (χ1) is 15.0. The lowest BCUT2D eigenvalue weighted by atomic mass is 9.99. The van der Waals surface area contributed by atoms with Gasteiger partial charge in [0, 0.05) is 19.6 Å². The number of halogens is 1. The molecule has 0 saturated carbocycles. The van der Waals surface area contributed by atoms with Crippen molar-refractivity contribution in [1.29, 1.82) is 0 Å². The van der Waals surface area contributed by atoms with Gasteiger partial charge < -0.3 is 10.1 Å². The van der Waals surface area contributed by atoms with Crippen LogP contribution in [0.3, 0.4) is 0 Å². The number of methoxy groups -OCH3 is 1. The number of nitrogens with zero attached hydrogens (tertiary/aromatic N) is 1. The van der Waals surface area contributed by atoms with Gasteiger partial charge in [-0.05, 0) is 48.7 Å². The second-order valence-electron chi connectivity index (χ2n) is 7.40. The molecule has 3 N–H and O–H groups in total. The second kappa shape index (κ2) is 9.53. The van der Waals surface area contributed by atoms with Gasteiger partial charge in [0.2, 0.25) is 26.0 Å². The van der Waals surface area contributed by atoms with E-state index in [1.165, 1.54) is 41.7 Å². The summed E-state index contributed by atoms with van der Waals surface area (Å²) in [5.41, 5.74) is 0.663. The second-order valence-corrected chi connectivity index (χ2v) is 10.9. The monoisotopic (exact) mass is 485 g/mol. The Kier molecular flexibility index (Phi) is 7.18. The van der Waals surface area contributed by atoms with Crippen molar-refractivity contribution in [3.05, 3.63) is 53.8 Å². The number of amides is 1. The molecule has 1 aliphatic heterocycles. The number of piperidine rings is 1. The topological polar surface area (TPSA) is 136 Å². The van der Waals surface area contributed by atoms with Crippen molar-refractivity contribution in [1.82, 2.24) is 9.62 Å². The fourth-order valence-electron chi connectivity index (χ4n) is 3.50. The van der Waals surface area contributed by atoms with E-state index in [0.717, 1.165) is 12.1 Å². The van der Waals surface area contributed by atoms with Crippen LogP contribution < -0.4 is 15.2 Å². The highest BCUT2D eigenvalue weighted by atomic mass is 32.2. The normalized spacial score (nSPS) is 17.7. The maximum Gasteiger partial charge on any atom is 0.246 e. The van der Waals surface area contributed by atoms with Gasteiger partial charge in [0.25, 0.3) is 0 Å². The highest BCUT2D eigenvalue weighted by Gasteiger charge is 2.35. The zero-order chi connectivity index (χ0) is 23.5. The largest absolute Gasteiger partial charge is 0.495 e. The summed E-state index contributed by atoms with van der Waals surface area (Å²) >= 11 is 0. The molecule has 1 saturated heterocycles. The number of nitrogens with two attached hydrogens (primary N) is 1. The average molecular weight is 486 g/mol. The van der Waals surface area contributed by atoms with Crippen molar-refractivity contribution in [2.45, 2.75) is 29.2 Å². The maximum atomic E-state index is 13.7. The molecule has 1 aliphatic rings. The van der Waals surface area contributed by atoms with Crippen molar-refractivity contribution in [3.8, 4) is 5.75 Å². The summed E-state index contributed by atoms with van der Waals surface area (Å²) in [4.78, 5) is 12.3. The molecule has 1 heterocycles. The lowest BCUT2D eigenvalue weighted by molar-refractivity contribution is -0.126. The molecular formula is C20H24FN3O6S2. The third kappa shape index (κ3) is 5.44. The molecule has 0 unspecified atom stereocenters. The average Bonchev–Trinajstić information content (AvgIpc) is 2.77. The Hall–Kier alpha value is -2.54. The number of ether oxygens (including phenoxy) is 1. The van der Waals surface area contributed by atoms with Gasteiger partial charge in [0.15, 0.2) is 0 Å². The third-order valence-electron chi connectivity index (χ3n) is 5.22. The molecule has 1 atom stereocenters. The lowest BCUT2D eigenvalue weighted by Gasteiger charge is -2.31. The van der Waals surface area contributed by atoms with Crippen LogP contribution in [0, 0.1) is 11.7 Å². The molecule has 3 rings (SSSR count). The van der Waals surface area contributed by atoms with Crippen LogP contribution in [0.1, 0.15) is 18.4 Å². The molecule has 9 nitrogen and oxygen atoms in total. The highest BCUT2D eigenvalue weighted by molar-refractivity contribution is 7.89. The van der Waals surface area contributed by atoms with Crippen LogP contribution in [0.5, 0.6) is 5.75 Å². The van der Waals surface area contributed by atoms with Crippen LogP contribution in [0.25, 0.3) is 0 Å². The smallest absolute Gasteiger partial charge is 0.246 e. The van der Waals surface area contributed by atoms with E-state index in [1.807, 2.05) is 0 Å². The molecule has 0 bridgehead atoms. The third-order valence-corrected chi connectivity index (χ3v) is 8.03. The summed E-state index contributed by atoms with van der Waals surface area (Å²) in [6.07, 6.45) is 0.973. The van der Waals surface area contributed by atoms with Gasteiger partial charge in [-0.3, -0.25) is 4.79 Å². The number of hydrogen-bond donors (Lipinski definition) is 2. The van der Waals surface area contributed by atoms with Crippen molar-refractivity contribution >= 4 is 26.0 Å². The molecule has 0 spiro atoms. The summed E-state index contributed by atoms with van der Waals surface area (Å²) in [7, 11) is -6.56. The molecule has 32 heavy (non-hydrogen) atoms. The molecule has 1 fully saturated rings. The molecule has 0 aromatic heterocycles. The van der Waals surface area contributed by atoms with Gasteiger partial charge in [-0.1, -0.05) is 12.1 Å². The van der Waals surface area contributed by atoms with Gasteiger partial charge >= 0.3 is 0 Å². The van der Waals surface area contributed by atoms with Crippen molar-refractivity contribution in [2.75, 3.05) is 20.2 Å². The van der Waals surface area contributed by atoms with E-state index in [4.69, 9.17) is 9.88 Å². The van der Waals surface area contributed by atoms with Gasteiger partial charge in [0.05, 0.1) is 17.9 Å². The van der Waals surface area contributed by atoms with Crippen molar-refractivity contribution in [2.24, 2.45) is 11.1 Å².